The van der Waals surface area contributed by atoms with Crippen molar-refractivity contribution >= 4 is 16.3 Å². The van der Waals surface area contributed by atoms with Crippen molar-refractivity contribution in [3.63, 3.8) is 0 Å². The van der Waals surface area contributed by atoms with Crippen molar-refractivity contribution in [2.24, 2.45) is 0 Å². The first-order chi connectivity index (χ1) is 10.4. The number of nitrogens with zero attached hydrogens (tertiary/aromatic N) is 1. The van der Waals surface area contributed by atoms with Crippen LogP contribution in [0.4, 0.5) is 0 Å². The predicted molar refractivity (Wildman–Crippen MR) is 90.2 cm³/mol. The van der Waals surface area contributed by atoms with Gasteiger partial charge in [0.25, 0.3) is 0 Å². The lowest BCUT2D eigenvalue weighted by atomic mass is 10.0. The lowest BCUT2D eigenvalue weighted by molar-refractivity contribution is 1.16. The molecule has 0 saturated heterocycles. The molecule has 0 spiro atoms. The molecule has 2 aromatic carbocycles. The normalized spacial score (nSPS) is 11.8. The van der Waals surface area contributed by atoms with E-state index in [9.17, 15) is 0 Å². The van der Waals surface area contributed by atoms with Crippen LogP contribution < -0.4 is 0 Å². The van der Waals surface area contributed by atoms with E-state index in [0.717, 1.165) is 18.5 Å². The summed E-state index contributed by atoms with van der Waals surface area (Å²) in [5, 5.41) is 2.49. The van der Waals surface area contributed by atoms with Crippen molar-refractivity contribution in [1.29, 1.82) is 0 Å². The third-order valence-corrected chi connectivity index (χ3v) is 3.79. The summed E-state index contributed by atoms with van der Waals surface area (Å²) in [7, 11) is 0. The quantitative estimate of drug-likeness (QED) is 0.631. The van der Waals surface area contributed by atoms with Crippen LogP contribution in [0, 0.1) is 0 Å². The van der Waals surface area contributed by atoms with Crippen molar-refractivity contribution in [1.82, 2.24) is 4.98 Å². The summed E-state index contributed by atoms with van der Waals surface area (Å²) in [6.07, 6.45) is 6.16. The smallest absolute Gasteiger partial charge is 0.0736 e. The van der Waals surface area contributed by atoms with E-state index >= 15 is 0 Å². The Morgan fingerprint density at radius 3 is 2.52 bits per heavy atom. The fourth-order valence-electron chi connectivity index (χ4n) is 2.64. The van der Waals surface area contributed by atoms with Gasteiger partial charge >= 0.3 is 0 Å². The van der Waals surface area contributed by atoms with Crippen molar-refractivity contribution in [3.05, 3.63) is 84.2 Å². The number of aromatic nitrogens is 1. The van der Waals surface area contributed by atoms with E-state index in [1.807, 2.05) is 6.20 Å². The van der Waals surface area contributed by atoms with Gasteiger partial charge in [-0.05, 0) is 35.4 Å². The number of fused-ring (bicyclic) bond motifs is 1. The zero-order valence-electron chi connectivity index (χ0n) is 12.3. The Balaban J connectivity index is 1.98. The molecule has 0 amide bonds. The molecule has 21 heavy (non-hydrogen) atoms. The molecule has 3 rings (SSSR count). The van der Waals surface area contributed by atoms with Gasteiger partial charge in [-0.25, -0.2) is 0 Å². The number of hydrogen-bond acceptors (Lipinski definition) is 1. The number of pyridine rings is 1. The van der Waals surface area contributed by atoms with E-state index in [0.29, 0.717) is 0 Å². The molecule has 1 nitrogen and oxygen atoms in total. The van der Waals surface area contributed by atoms with Gasteiger partial charge < -0.3 is 0 Å². The van der Waals surface area contributed by atoms with Gasteiger partial charge in [-0.1, -0.05) is 67.6 Å². The molecular weight excluding hydrogens is 254 g/mol. The second-order valence-corrected chi connectivity index (χ2v) is 5.15. The zero-order chi connectivity index (χ0) is 14.5. The van der Waals surface area contributed by atoms with Crippen molar-refractivity contribution < 1.29 is 0 Å². The summed E-state index contributed by atoms with van der Waals surface area (Å²) in [6, 6.07) is 21.1. The highest BCUT2D eigenvalue weighted by molar-refractivity contribution is 5.91. The minimum Gasteiger partial charge on any atom is -0.256 e. The fraction of sp³-hybridized carbons (Fsp3) is 0.150. The van der Waals surface area contributed by atoms with E-state index in [4.69, 9.17) is 0 Å². The van der Waals surface area contributed by atoms with E-state index in [1.165, 1.54) is 21.9 Å². The molecular formula is C20H19N. The summed E-state index contributed by atoms with van der Waals surface area (Å²) in [6.45, 7) is 2.19. The van der Waals surface area contributed by atoms with Crippen LogP contribution in [-0.4, -0.2) is 4.98 Å². The first-order valence-electron chi connectivity index (χ1n) is 7.45. The number of benzene rings is 2. The average Bonchev–Trinajstić information content (AvgIpc) is 2.56. The third-order valence-electron chi connectivity index (χ3n) is 3.79. The van der Waals surface area contributed by atoms with Crippen LogP contribution in [0.1, 0.15) is 24.6 Å². The van der Waals surface area contributed by atoms with E-state index in [1.54, 1.807) is 0 Å². The Kier molecular flexibility index (Phi) is 4.11. The molecule has 1 heteroatoms. The van der Waals surface area contributed by atoms with Crippen LogP contribution in [0.2, 0.25) is 0 Å². The molecule has 0 aliphatic rings. The Labute approximate surface area is 126 Å². The highest BCUT2D eigenvalue weighted by atomic mass is 14.7. The fourth-order valence-corrected chi connectivity index (χ4v) is 2.64. The number of rotatable bonds is 4. The van der Waals surface area contributed by atoms with Crippen LogP contribution in [0.25, 0.3) is 16.3 Å². The van der Waals surface area contributed by atoms with Gasteiger partial charge in [-0.2, -0.15) is 0 Å². The van der Waals surface area contributed by atoms with Gasteiger partial charge in [0, 0.05) is 11.6 Å². The predicted octanol–water partition coefficient (Wildman–Crippen LogP) is 5.27. The zero-order valence-corrected chi connectivity index (χ0v) is 12.3. The van der Waals surface area contributed by atoms with Gasteiger partial charge in [0.15, 0.2) is 0 Å². The molecule has 0 aliphatic heterocycles. The van der Waals surface area contributed by atoms with Gasteiger partial charge in [0.2, 0.25) is 0 Å². The molecule has 0 saturated carbocycles. The molecule has 0 aliphatic carbocycles. The minimum atomic E-state index is 0.953. The van der Waals surface area contributed by atoms with Crippen molar-refractivity contribution in [2.75, 3.05) is 0 Å². The SMILES string of the molecule is CCC(=CCc1ccccc1)c1nccc2ccccc12. The largest absolute Gasteiger partial charge is 0.256 e. The van der Waals surface area contributed by atoms with Gasteiger partial charge in [-0.3, -0.25) is 4.98 Å². The summed E-state index contributed by atoms with van der Waals surface area (Å²) in [5.74, 6) is 0. The molecule has 0 fully saturated rings. The topological polar surface area (TPSA) is 12.9 Å². The molecule has 0 N–H and O–H groups in total. The highest BCUT2D eigenvalue weighted by Crippen LogP contribution is 2.25. The summed E-state index contributed by atoms with van der Waals surface area (Å²) in [5.41, 5.74) is 3.77. The Bertz CT molecular complexity index is 752. The molecule has 3 aromatic rings. The van der Waals surface area contributed by atoms with Crippen molar-refractivity contribution in [3.8, 4) is 0 Å². The molecule has 0 atom stereocenters. The maximum atomic E-state index is 4.62. The molecule has 0 radical (unpaired) electrons. The standard InChI is InChI=1S/C20H19N/c1-2-17(13-12-16-8-4-3-5-9-16)20-19-11-7-6-10-18(19)14-15-21-20/h3-11,13-15H,2,12H2,1H3. The van der Waals surface area contributed by atoms with Gasteiger partial charge in [0.05, 0.1) is 5.69 Å². The van der Waals surface area contributed by atoms with Crippen LogP contribution in [0.5, 0.6) is 0 Å². The van der Waals surface area contributed by atoms with Gasteiger partial charge in [-0.15, -0.1) is 0 Å². The van der Waals surface area contributed by atoms with Crippen LogP contribution in [-0.2, 0) is 6.42 Å². The number of hydrogen-bond donors (Lipinski definition) is 0. The van der Waals surface area contributed by atoms with E-state index in [2.05, 4.69) is 78.6 Å². The summed E-state index contributed by atoms with van der Waals surface area (Å²) < 4.78 is 0. The first kappa shape index (κ1) is 13.6. The molecule has 1 aromatic heterocycles. The second-order valence-electron chi connectivity index (χ2n) is 5.15. The summed E-state index contributed by atoms with van der Waals surface area (Å²) in [4.78, 5) is 4.62. The Morgan fingerprint density at radius 1 is 0.952 bits per heavy atom. The second kappa shape index (κ2) is 6.36. The maximum absolute atomic E-state index is 4.62. The molecule has 0 unspecified atom stereocenters. The van der Waals surface area contributed by atoms with Crippen LogP contribution in [0.15, 0.2) is 72.9 Å². The minimum absolute atomic E-state index is 0.953. The van der Waals surface area contributed by atoms with Gasteiger partial charge in [0.1, 0.15) is 0 Å². The van der Waals surface area contributed by atoms with E-state index in [-0.39, 0.29) is 0 Å². The van der Waals surface area contributed by atoms with Crippen molar-refractivity contribution in [2.45, 2.75) is 19.8 Å². The van der Waals surface area contributed by atoms with Crippen LogP contribution >= 0.6 is 0 Å². The highest BCUT2D eigenvalue weighted by Gasteiger charge is 2.06. The maximum Gasteiger partial charge on any atom is 0.0736 e. The number of allylic oxidation sites excluding steroid dienone is 2. The Morgan fingerprint density at radius 2 is 1.71 bits per heavy atom. The lowest BCUT2D eigenvalue weighted by Crippen LogP contribution is -1.92. The van der Waals surface area contributed by atoms with Crippen LogP contribution in [0.3, 0.4) is 0 Å². The van der Waals surface area contributed by atoms with E-state index < -0.39 is 0 Å². The first-order valence-corrected chi connectivity index (χ1v) is 7.45. The average molecular weight is 273 g/mol. The summed E-state index contributed by atoms with van der Waals surface area (Å²) >= 11 is 0. The molecule has 0 bridgehead atoms. The lowest BCUT2D eigenvalue weighted by Gasteiger charge is -2.08. The molecule has 104 valence electrons. The Hall–Kier alpha value is -2.41. The molecule has 1 heterocycles. The third kappa shape index (κ3) is 3.03. The monoisotopic (exact) mass is 273 g/mol.